The molecular formula is C33H16O6. The predicted molar refractivity (Wildman–Crippen MR) is 146 cm³/mol. The summed E-state index contributed by atoms with van der Waals surface area (Å²) in [5.41, 5.74) is 3.72. The predicted octanol–water partition coefficient (Wildman–Crippen LogP) is 6.90. The summed E-state index contributed by atoms with van der Waals surface area (Å²) < 4.78 is 9.83. The molecule has 6 nitrogen and oxygen atoms in total. The van der Waals surface area contributed by atoms with Crippen LogP contribution in [0.3, 0.4) is 0 Å². The van der Waals surface area contributed by atoms with Crippen LogP contribution in [0.25, 0.3) is 54.2 Å². The standard InChI is InChI=1S/C33H16O6/c1-15-6-7-21-17(8-15)10-19-12-25-27(33(37)39-31(25)35)14-23(19)29(21)28-20-5-3-2-4-16(20)9-18-11-24-26(13-22(18)28)32(36)38-30(24)34/h2-14H,1H3. The molecule has 0 unspecified atom stereocenters. The SMILES string of the molecule is Cc1ccc2c(-c3c4ccccc4cc4cc5c(cc34)C(=O)OC5=O)c3cc4c(cc3cc2c1)C(=O)OC4=O. The molecule has 6 aromatic rings. The fourth-order valence-corrected chi connectivity index (χ4v) is 6.01. The molecule has 6 aromatic carbocycles. The molecule has 0 N–H and O–H groups in total. The van der Waals surface area contributed by atoms with Crippen molar-refractivity contribution in [2.75, 3.05) is 0 Å². The van der Waals surface area contributed by atoms with Gasteiger partial charge in [-0.05, 0) is 97.5 Å². The average molecular weight is 508 g/mol. The van der Waals surface area contributed by atoms with Gasteiger partial charge in [0.05, 0.1) is 22.3 Å². The van der Waals surface area contributed by atoms with Crippen molar-refractivity contribution >= 4 is 67.0 Å². The van der Waals surface area contributed by atoms with E-state index >= 15 is 0 Å². The van der Waals surface area contributed by atoms with E-state index in [4.69, 9.17) is 9.47 Å². The number of benzene rings is 6. The first kappa shape index (κ1) is 21.7. The molecule has 0 atom stereocenters. The van der Waals surface area contributed by atoms with Crippen molar-refractivity contribution in [3.05, 3.63) is 107 Å². The van der Waals surface area contributed by atoms with Crippen molar-refractivity contribution in [3.8, 4) is 11.1 Å². The van der Waals surface area contributed by atoms with Gasteiger partial charge in [-0.3, -0.25) is 0 Å². The van der Waals surface area contributed by atoms with Crippen molar-refractivity contribution in [3.63, 3.8) is 0 Å². The number of esters is 4. The van der Waals surface area contributed by atoms with Crippen LogP contribution >= 0.6 is 0 Å². The second-order valence-electron chi connectivity index (χ2n) is 10.0. The third-order valence-electron chi connectivity index (χ3n) is 7.75. The van der Waals surface area contributed by atoms with Gasteiger partial charge in [0, 0.05) is 0 Å². The Balaban J connectivity index is 1.63. The minimum Gasteiger partial charge on any atom is -0.386 e. The van der Waals surface area contributed by atoms with Crippen LogP contribution in [0, 0.1) is 6.92 Å². The lowest BCUT2D eigenvalue weighted by molar-refractivity contribution is 0.0425. The summed E-state index contributed by atoms with van der Waals surface area (Å²) in [5.74, 6) is -2.66. The van der Waals surface area contributed by atoms with E-state index in [-0.39, 0.29) is 22.3 Å². The molecule has 0 saturated carbocycles. The lowest BCUT2D eigenvalue weighted by Gasteiger charge is -2.18. The first-order chi connectivity index (χ1) is 18.9. The lowest BCUT2D eigenvalue weighted by Crippen LogP contribution is -1.97. The van der Waals surface area contributed by atoms with Gasteiger partial charge < -0.3 is 9.47 Å². The largest absolute Gasteiger partial charge is 0.386 e. The van der Waals surface area contributed by atoms with Crippen LogP contribution in [0.15, 0.2) is 78.9 Å². The summed E-state index contributed by atoms with van der Waals surface area (Å²) in [4.78, 5) is 49.9. The van der Waals surface area contributed by atoms with Crippen molar-refractivity contribution in [1.82, 2.24) is 0 Å². The average Bonchev–Trinajstić information content (AvgIpc) is 3.36. The van der Waals surface area contributed by atoms with E-state index < -0.39 is 23.9 Å². The minimum absolute atomic E-state index is 0.222. The number of rotatable bonds is 1. The van der Waals surface area contributed by atoms with Crippen molar-refractivity contribution < 1.29 is 28.7 Å². The van der Waals surface area contributed by atoms with Crippen LogP contribution in [0.4, 0.5) is 0 Å². The Bertz CT molecular complexity index is 2210. The Kier molecular flexibility index (Phi) is 4.09. The van der Waals surface area contributed by atoms with Crippen LogP contribution in [0.2, 0.25) is 0 Å². The highest BCUT2D eigenvalue weighted by Crippen LogP contribution is 2.45. The Morgan fingerprint density at radius 3 is 1.49 bits per heavy atom. The maximum absolute atomic E-state index is 12.6. The van der Waals surface area contributed by atoms with E-state index in [9.17, 15) is 19.2 Å². The van der Waals surface area contributed by atoms with Gasteiger partial charge in [-0.25, -0.2) is 19.2 Å². The normalized spacial score (nSPS) is 14.4. The number of cyclic esters (lactones) is 4. The lowest BCUT2D eigenvalue weighted by atomic mass is 9.84. The summed E-state index contributed by atoms with van der Waals surface area (Å²) in [6.45, 7) is 2.02. The third-order valence-corrected chi connectivity index (χ3v) is 7.75. The molecule has 0 saturated heterocycles. The molecule has 0 bridgehead atoms. The van der Waals surface area contributed by atoms with E-state index in [1.54, 1.807) is 24.3 Å². The van der Waals surface area contributed by atoms with Crippen LogP contribution in [-0.4, -0.2) is 23.9 Å². The summed E-state index contributed by atoms with van der Waals surface area (Å²) in [6, 6.07) is 25.0. The molecule has 6 heteroatoms. The molecule has 0 radical (unpaired) electrons. The number of fused-ring (bicyclic) bond motifs is 6. The van der Waals surface area contributed by atoms with E-state index in [0.29, 0.717) is 0 Å². The topological polar surface area (TPSA) is 86.7 Å². The smallest absolute Gasteiger partial charge is 0.346 e. The fourth-order valence-electron chi connectivity index (χ4n) is 6.01. The molecule has 0 aliphatic carbocycles. The zero-order valence-electron chi connectivity index (χ0n) is 20.5. The molecule has 0 spiro atoms. The number of ether oxygens (including phenoxy) is 2. The van der Waals surface area contributed by atoms with Crippen LogP contribution in [0.5, 0.6) is 0 Å². The van der Waals surface area contributed by atoms with E-state index in [0.717, 1.165) is 59.8 Å². The Morgan fingerprint density at radius 1 is 0.436 bits per heavy atom. The molecule has 0 aromatic heterocycles. The zero-order chi connectivity index (χ0) is 26.6. The quantitative estimate of drug-likeness (QED) is 0.136. The maximum Gasteiger partial charge on any atom is 0.346 e. The molecule has 2 aliphatic rings. The summed E-state index contributed by atoms with van der Waals surface area (Å²) in [5, 5.41) is 6.91. The molecule has 39 heavy (non-hydrogen) atoms. The molecule has 0 amide bonds. The monoisotopic (exact) mass is 508 g/mol. The van der Waals surface area contributed by atoms with Crippen LogP contribution in [0.1, 0.15) is 47.0 Å². The van der Waals surface area contributed by atoms with Gasteiger partial charge >= 0.3 is 23.9 Å². The molecule has 2 heterocycles. The van der Waals surface area contributed by atoms with Crippen LogP contribution < -0.4 is 0 Å². The third kappa shape index (κ3) is 2.91. The first-order valence-electron chi connectivity index (χ1n) is 12.4. The molecule has 184 valence electrons. The highest BCUT2D eigenvalue weighted by molar-refractivity contribution is 6.27. The van der Waals surface area contributed by atoms with Crippen LogP contribution in [-0.2, 0) is 9.47 Å². The Hall–Kier alpha value is -5.36. The Morgan fingerprint density at radius 2 is 0.897 bits per heavy atom. The summed E-state index contributed by atoms with van der Waals surface area (Å²) >= 11 is 0. The number of aryl methyl sites for hydroxylation is 1. The molecule has 0 fully saturated rings. The highest BCUT2D eigenvalue weighted by Gasteiger charge is 2.33. The first-order valence-corrected chi connectivity index (χ1v) is 12.4. The number of hydrogen-bond acceptors (Lipinski definition) is 6. The van der Waals surface area contributed by atoms with E-state index in [2.05, 4.69) is 12.1 Å². The molecule has 2 aliphatic heterocycles. The van der Waals surface area contributed by atoms with E-state index in [1.165, 1.54) is 0 Å². The van der Waals surface area contributed by atoms with E-state index in [1.807, 2.05) is 49.4 Å². The number of carbonyl (C=O) groups is 4. The van der Waals surface area contributed by atoms with Gasteiger partial charge in [0.15, 0.2) is 0 Å². The fraction of sp³-hybridized carbons (Fsp3) is 0.0303. The maximum atomic E-state index is 12.6. The number of hydrogen-bond donors (Lipinski definition) is 0. The van der Waals surface area contributed by atoms with Crippen molar-refractivity contribution in [2.24, 2.45) is 0 Å². The molecular weight excluding hydrogens is 492 g/mol. The van der Waals surface area contributed by atoms with Gasteiger partial charge in [-0.2, -0.15) is 0 Å². The second-order valence-corrected chi connectivity index (χ2v) is 10.0. The minimum atomic E-state index is -0.673. The number of carbonyl (C=O) groups excluding carboxylic acids is 4. The highest BCUT2D eigenvalue weighted by atomic mass is 16.6. The Labute approximate surface area is 220 Å². The van der Waals surface area contributed by atoms with Gasteiger partial charge in [0.2, 0.25) is 0 Å². The molecule has 8 rings (SSSR count). The summed E-state index contributed by atoms with van der Waals surface area (Å²) in [7, 11) is 0. The van der Waals surface area contributed by atoms with Gasteiger partial charge in [-0.1, -0.05) is 48.0 Å². The van der Waals surface area contributed by atoms with Gasteiger partial charge in [0.25, 0.3) is 0 Å². The van der Waals surface area contributed by atoms with Crippen molar-refractivity contribution in [1.29, 1.82) is 0 Å². The summed E-state index contributed by atoms with van der Waals surface area (Å²) in [6.07, 6.45) is 0. The second kappa shape index (κ2) is 7.36. The van der Waals surface area contributed by atoms with Gasteiger partial charge in [0.1, 0.15) is 0 Å². The van der Waals surface area contributed by atoms with Crippen molar-refractivity contribution in [2.45, 2.75) is 6.92 Å². The van der Waals surface area contributed by atoms with Gasteiger partial charge in [-0.15, -0.1) is 0 Å². The zero-order valence-corrected chi connectivity index (χ0v) is 20.5.